The first-order valence-corrected chi connectivity index (χ1v) is 7.61. The maximum absolute atomic E-state index is 11.3. The van der Waals surface area contributed by atoms with Gasteiger partial charge in [-0.1, -0.05) is 58.3 Å². The number of aliphatic hydroxyl groups is 1. The molecule has 0 heterocycles. The van der Waals surface area contributed by atoms with Crippen molar-refractivity contribution in [2.45, 2.75) is 84.2 Å². The normalized spacial score (nSPS) is 12.4. The van der Waals surface area contributed by atoms with Gasteiger partial charge in [0.05, 0.1) is 6.10 Å². The number of carbonyl (C=O) groups is 1. The van der Waals surface area contributed by atoms with Crippen LogP contribution in [0.4, 0.5) is 0 Å². The highest BCUT2D eigenvalue weighted by Crippen LogP contribution is 2.10. The molecule has 0 unspecified atom stereocenters. The monoisotopic (exact) mass is 257 g/mol. The van der Waals surface area contributed by atoms with Gasteiger partial charge in [-0.05, 0) is 13.3 Å². The van der Waals surface area contributed by atoms with Crippen molar-refractivity contribution in [2.24, 2.45) is 0 Å². The lowest BCUT2D eigenvalue weighted by molar-refractivity contribution is -0.121. The van der Waals surface area contributed by atoms with Gasteiger partial charge in [-0.3, -0.25) is 4.79 Å². The number of unbranched alkanes of at least 4 members (excludes halogenated alkanes) is 8. The van der Waals surface area contributed by atoms with Gasteiger partial charge in [0.2, 0.25) is 5.91 Å². The van der Waals surface area contributed by atoms with Gasteiger partial charge >= 0.3 is 0 Å². The second kappa shape index (κ2) is 12.9. The van der Waals surface area contributed by atoms with Crippen LogP contribution in [0.1, 0.15) is 78.1 Å². The molecular formula is C15H31NO2. The van der Waals surface area contributed by atoms with Crippen molar-refractivity contribution < 1.29 is 9.90 Å². The fourth-order valence-corrected chi connectivity index (χ4v) is 1.95. The van der Waals surface area contributed by atoms with Gasteiger partial charge in [0.1, 0.15) is 0 Å². The number of nitrogens with one attached hydrogen (secondary N) is 1. The third-order valence-corrected chi connectivity index (χ3v) is 3.10. The van der Waals surface area contributed by atoms with Gasteiger partial charge in [-0.25, -0.2) is 0 Å². The number of rotatable bonds is 12. The first-order chi connectivity index (χ1) is 8.66. The predicted molar refractivity (Wildman–Crippen MR) is 76.5 cm³/mol. The Morgan fingerprint density at radius 3 is 2.00 bits per heavy atom. The maximum Gasteiger partial charge on any atom is 0.220 e. The molecule has 18 heavy (non-hydrogen) atoms. The van der Waals surface area contributed by atoms with Crippen LogP contribution in [0, 0.1) is 0 Å². The van der Waals surface area contributed by atoms with E-state index in [0.29, 0.717) is 13.0 Å². The molecule has 0 aromatic heterocycles. The van der Waals surface area contributed by atoms with Crippen LogP contribution in [0.2, 0.25) is 0 Å². The highest BCUT2D eigenvalue weighted by atomic mass is 16.3. The van der Waals surface area contributed by atoms with E-state index >= 15 is 0 Å². The van der Waals surface area contributed by atoms with Crippen molar-refractivity contribution in [1.82, 2.24) is 5.32 Å². The number of hydrogen-bond acceptors (Lipinski definition) is 2. The summed E-state index contributed by atoms with van der Waals surface area (Å²) in [5.41, 5.74) is 0. The lowest BCUT2D eigenvalue weighted by Gasteiger charge is -2.06. The molecule has 0 aromatic carbocycles. The quantitative estimate of drug-likeness (QED) is 0.526. The molecule has 0 aromatic rings. The summed E-state index contributed by atoms with van der Waals surface area (Å²) >= 11 is 0. The molecule has 0 fully saturated rings. The number of aliphatic hydroxyl groups excluding tert-OH is 1. The van der Waals surface area contributed by atoms with Crippen LogP contribution in [0.3, 0.4) is 0 Å². The van der Waals surface area contributed by atoms with Crippen LogP contribution in [0.15, 0.2) is 0 Å². The Morgan fingerprint density at radius 1 is 1.00 bits per heavy atom. The van der Waals surface area contributed by atoms with Gasteiger partial charge in [0.25, 0.3) is 0 Å². The van der Waals surface area contributed by atoms with Crippen LogP contribution >= 0.6 is 0 Å². The minimum absolute atomic E-state index is 0.0684. The highest BCUT2D eigenvalue weighted by Gasteiger charge is 2.02. The molecule has 1 atom stereocenters. The van der Waals surface area contributed by atoms with E-state index in [4.69, 9.17) is 5.11 Å². The Balaban J connectivity index is 3.12. The molecule has 108 valence electrons. The van der Waals surface area contributed by atoms with E-state index in [-0.39, 0.29) is 5.91 Å². The summed E-state index contributed by atoms with van der Waals surface area (Å²) in [7, 11) is 0. The Hall–Kier alpha value is -0.570. The molecule has 0 rings (SSSR count). The van der Waals surface area contributed by atoms with E-state index in [1.54, 1.807) is 6.92 Å². The fraction of sp³-hybridized carbons (Fsp3) is 0.933. The first kappa shape index (κ1) is 17.4. The van der Waals surface area contributed by atoms with Gasteiger partial charge in [0, 0.05) is 13.0 Å². The molecule has 0 saturated carbocycles. The zero-order valence-corrected chi connectivity index (χ0v) is 12.2. The summed E-state index contributed by atoms with van der Waals surface area (Å²) < 4.78 is 0. The number of carbonyl (C=O) groups excluding carboxylic acids is 1. The molecule has 0 bridgehead atoms. The summed E-state index contributed by atoms with van der Waals surface area (Å²) in [6, 6.07) is 0. The Labute approximate surface area is 112 Å². The Morgan fingerprint density at radius 2 is 1.50 bits per heavy atom. The lowest BCUT2D eigenvalue weighted by atomic mass is 10.1. The van der Waals surface area contributed by atoms with Crippen molar-refractivity contribution in [3.8, 4) is 0 Å². The molecule has 0 radical (unpaired) electrons. The largest absolute Gasteiger partial charge is 0.392 e. The second-order valence-corrected chi connectivity index (χ2v) is 5.23. The van der Waals surface area contributed by atoms with E-state index in [1.807, 2.05) is 0 Å². The van der Waals surface area contributed by atoms with Crippen LogP contribution in [-0.4, -0.2) is 23.7 Å². The van der Waals surface area contributed by atoms with E-state index in [2.05, 4.69) is 12.2 Å². The lowest BCUT2D eigenvalue weighted by Crippen LogP contribution is -2.30. The summed E-state index contributed by atoms with van der Waals surface area (Å²) in [5.74, 6) is 0.0684. The van der Waals surface area contributed by atoms with E-state index in [9.17, 15) is 4.79 Å². The SMILES string of the molecule is CCCCCCCCCCCC(=O)NC[C@H](C)O. The fourth-order valence-electron chi connectivity index (χ4n) is 1.95. The minimum atomic E-state index is -0.447. The van der Waals surface area contributed by atoms with Crippen LogP contribution in [0.25, 0.3) is 0 Å². The van der Waals surface area contributed by atoms with Crippen molar-refractivity contribution in [3.63, 3.8) is 0 Å². The molecule has 0 aliphatic carbocycles. The molecule has 2 N–H and O–H groups in total. The van der Waals surface area contributed by atoms with Crippen LogP contribution in [-0.2, 0) is 4.79 Å². The number of hydrogen-bond donors (Lipinski definition) is 2. The first-order valence-electron chi connectivity index (χ1n) is 7.61. The Kier molecular flexibility index (Phi) is 12.5. The summed E-state index contributed by atoms with van der Waals surface area (Å²) in [6.07, 6.45) is 11.6. The van der Waals surface area contributed by atoms with Gasteiger partial charge in [0.15, 0.2) is 0 Å². The highest BCUT2D eigenvalue weighted by molar-refractivity contribution is 5.75. The van der Waals surface area contributed by atoms with Gasteiger partial charge in [-0.15, -0.1) is 0 Å². The van der Waals surface area contributed by atoms with Crippen LogP contribution < -0.4 is 5.32 Å². The average molecular weight is 257 g/mol. The van der Waals surface area contributed by atoms with E-state index in [1.165, 1.54) is 44.9 Å². The average Bonchev–Trinajstić information content (AvgIpc) is 2.34. The third-order valence-electron chi connectivity index (χ3n) is 3.10. The molecule has 0 aliphatic heterocycles. The topological polar surface area (TPSA) is 49.3 Å². The standard InChI is InChI=1S/C15H31NO2/c1-3-4-5-6-7-8-9-10-11-12-15(18)16-13-14(2)17/h14,17H,3-13H2,1-2H3,(H,16,18)/t14-/m0/s1. The van der Waals surface area contributed by atoms with Crippen molar-refractivity contribution in [3.05, 3.63) is 0 Å². The molecule has 3 nitrogen and oxygen atoms in total. The zero-order chi connectivity index (χ0) is 13.6. The van der Waals surface area contributed by atoms with Crippen molar-refractivity contribution in [2.75, 3.05) is 6.54 Å². The van der Waals surface area contributed by atoms with E-state index in [0.717, 1.165) is 12.8 Å². The summed E-state index contributed by atoms with van der Waals surface area (Å²) in [5, 5.41) is 11.7. The van der Waals surface area contributed by atoms with Crippen LogP contribution in [0.5, 0.6) is 0 Å². The smallest absolute Gasteiger partial charge is 0.220 e. The van der Waals surface area contributed by atoms with Gasteiger partial charge < -0.3 is 10.4 Å². The summed E-state index contributed by atoms with van der Waals surface area (Å²) in [4.78, 5) is 11.3. The van der Waals surface area contributed by atoms with Gasteiger partial charge in [-0.2, -0.15) is 0 Å². The second-order valence-electron chi connectivity index (χ2n) is 5.23. The molecule has 0 aliphatic rings. The maximum atomic E-state index is 11.3. The minimum Gasteiger partial charge on any atom is -0.392 e. The zero-order valence-electron chi connectivity index (χ0n) is 12.2. The predicted octanol–water partition coefficient (Wildman–Crippen LogP) is 3.40. The summed E-state index contributed by atoms with van der Waals surface area (Å²) in [6.45, 7) is 4.29. The molecule has 3 heteroatoms. The number of amides is 1. The molecule has 0 spiro atoms. The third kappa shape index (κ3) is 13.5. The Bertz CT molecular complexity index is 193. The van der Waals surface area contributed by atoms with Crippen molar-refractivity contribution >= 4 is 5.91 Å². The van der Waals surface area contributed by atoms with E-state index < -0.39 is 6.10 Å². The van der Waals surface area contributed by atoms with Crippen molar-refractivity contribution in [1.29, 1.82) is 0 Å². The molecular weight excluding hydrogens is 226 g/mol. The molecule has 0 saturated heterocycles. The molecule has 1 amide bonds.